The molecule has 1 fully saturated rings. The molecule has 1 saturated heterocycles. The van der Waals surface area contributed by atoms with E-state index in [9.17, 15) is 4.79 Å². The minimum absolute atomic E-state index is 0.276. The quantitative estimate of drug-likeness (QED) is 0.827. The van der Waals surface area contributed by atoms with E-state index in [0.717, 1.165) is 39.3 Å². The maximum Gasteiger partial charge on any atom is 0.223 e. The van der Waals surface area contributed by atoms with Crippen LogP contribution in [0.1, 0.15) is 29.8 Å². The SMILES string of the molecule is CC(c1cccs1)N(CCC(=O)N1CCNCC1)Cc1ccccc1. The number of hydrogen-bond donors (Lipinski definition) is 1. The number of carbonyl (C=O) groups is 1. The molecule has 2 heterocycles. The second-order valence-corrected chi connectivity index (χ2v) is 7.51. The molecule has 0 aliphatic carbocycles. The zero-order valence-corrected chi connectivity index (χ0v) is 15.7. The number of thiophene rings is 1. The van der Waals surface area contributed by atoms with E-state index in [0.29, 0.717) is 12.5 Å². The number of rotatable bonds is 7. The lowest BCUT2D eigenvalue weighted by atomic mass is 10.1. The van der Waals surface area contributed by atoms with E-state index in [4.69, 9.17) is 0 Å². The first-order chi connectivity index (χ1) is 12.2. The summed E-state index contributed by atoms with van der Waals surface area (Å²) in [5.74, 6) is 0.276. The van der Waals surface area contributed by atoms with Crippen molar-refractivity contribution in [2.75, 3.05) is 32.7 Å². The molecule has 3 rings (SSSR count). The van der Waals surface area contributed by atoms with E-state index in [1.807, 2.05) is 11.0 Å². The van der Waals surface area contributed by atoms with Gasteiger partial charge in [0.2, 0.25) is 5.91 Å². The molecular weight excluding hydrogens is 330 g/mol. The fraction of sp³-hybridized carbons (Fsp3) is 0.450. The van der Waals surface area contributed by atoms with Crippen LogP contribution in [0, 0.1) is 0 Å². The number of amides is 1. The van der Waals surface area contributed by atoms with Crippen LogP contribution in [0.5, 0.6) is 0 Å². The molecule has 0 radical (unpaired) electrons. The van der Waals surface area contributed by atoms with Crippen molar-refractivity contribution in [1.82, 2.24) is 15.1 Å². The summed E-state index contributed by atoms with van der Waals surface area (Å²) >= 11 is 1.79. The number of nitrogens with one attached hydrogen (secondary N) is 1. The molecule has 0 bridgehead atoms. The third kappa shape index (κ3) is 5.14. The Hall–Kier alpha value is -1.69. The largest absolute Gasteiger partial charge is 0.340 e. The van der Waals surface area contributed by atoms with Gasteiger partial charge >= 0.3 is 0 Å². The lowest BCUT2D eigenvalue weighted by molar-refractivity contribution is -0.132. The third-order valence-corrected chi connectivity index (χ3v) is 5.86. The summed E-state index contributed by atoms with van der Waals surface area (Å²) < 4.78 is 0. The van der Waals surface area contributed by atoms with E-state index in [2.05, 4.69) is 58.9 Å². The van der Waals surface area contributed by atoms with Crippen molar-refractivity contribution >= 4 is 17.2 Å². The summed E-state index contributed by atoms with van der Waals surface area (Å²) in [6.45, 7) is 7.38. The normalized spacial score (nSPS) is 16.2. The number of benzene rings is 1. The molecule has 134 valence electrons. The molecule has 1 aromatic heterocycles. The molecule has 4 nitrogen and oxygen atoms in total. The molecule has 1 atom stereocenters. The molecule has 1 aliphatic heterocycles. The molecule has 1 N–H and O–H groups in total. The predicted molar refractivity (Wildman–Crippen MR) is 104 cm³/mol. The standard InChI is InChI=1S/C20H27N3OS/c1-17(19-8-5-15-25-19)23(16-18-6-3-2-4-7-18)12-9-20(24)22-13-10-21-11-14-22/h2-8,15,17,21H,9-14,16H2,1H3. The number of hydrogen-bond acceptors (Lipinski definition) is 4. The van der Waals surface area contributed by atoms with Gasteiger partial charge in [0.25, 0.3) is 0 Å². The van der Waals surface area contributed by atoms with Gasteiger partial charge in [0, 0.05) is 56.6 Å². The topological polar surface area (TPSA) is 35.6 Å². The summed E-state index contributed by atoms with van der Waals surface area (Å²) in [4.78, 5) is 18.3. The van der Waals surface area contributed by atoms with Crippen LogP contribution in [0.2, 0.25) is 0 Å². The summed E-state index contributed by atoms with van der Waals surface area (Å²) in [6, 6.07) is 15.1. The van der Waals surface area contributed by atoms with Gasteiger partial charge in [0.15, 0.2) is 0 Å². The Morgan fingerprint density at radius 2 is 1.96 bits per heavy atom. The average molecular weight is 358 g/mol. The van der Waals surface area contributed by atoms with Crippen molar-refractivity contribution < 1.29 is 4.79 Å². The van der Waals surface area contributed by atoms with Gasteiger partial charge < -0.3 is 10.2 Å². The van der Waals surface area contributed by atoms with Crippen molar-refractivity contribution in [3.8, 4) is 0 Å². The van der Waals surface area contributed by atoms with Gasteiger partial charge in [-0.2, -0.15) is 0 Å². The smallest absolute Gasteiger partial charge is 0.223 e. The molecular formula is C20H27N3OS. The van der Waals surface area contributed by atoms with Crippen LogP contribution in [0.3, 0.4) is 0 Å². The molecule has 25 heavy (non-hydrogen) atoms. The molecule has 1 unspecified atom stereocenters. The van der Waals surface area contributed by atoms with Crippen LogP contribution < -0.4 is 5.32 Å². The molecule has 1 amide bonds. The van der Waals surface area contributed by atoms with E-state index >= 15 is 0 Å². The zero-order valence-electron chi connectivity index (χ0n) is 14.9. The van der Waals surface area contributed by atoms with Crippen LogP contribution in [0.15, 0.2) is 47.8 Å². The Morgan fingerprint density at radius 1 is 1.20 bits per heavy atom. The summed E-state index contributed by atoms with van der Waals surface area (Å²) in [5, 5.41) is 5.42. The van der Waals surface area contributed by atoms with Gasteiger partial charge in [-0.1, -0.05) is 36.4 Å². The highest BCUT2D eigenvalue weighted by Crippen LogP contribution is 2.26. The minimum atomic E-state index is 0.276. The maximum atomic E-state index is 12.5. The van der Waals surface area contributed by atoms with Crippen LogP contribution in [-0.2, 0) is 11.3 Å². The fourth-order valence-electron chi connectivity index (χ4n) is 3.25. The Balaban J connectivity index is 1.64. The molecule has 2 aromatic rings. The lowest BCUT2D eigenvalue weighted by Crippen LogP contribution is -2.47. The van der Waals surface area contributed by atoms with Crippen LogP contribution in [-0.4, -0.2) is 48.4 Å². The van der Waals surface area contributed by atoms with Crippen molar-refractivity contribution in [2.24, 2.45) is 0 Å². The molecule has 0 saturated carbocycles. The first-order valence-electron chi connectivity index (χ1n) is 9.04. The lowest BCUT2D eigenvalue weighted by Gasteiger charge is -2.31. The summed E-state index contributed by atoms with van der Waals surface area (Å²) in [6.07, 6.45) is 0.586. The van der Waals surface area contributed by atoms with Gasteiger partial charge in [-0.3, -0.25) is 9.69 Å². The molecule has 0 spiro atoms. The third-order valence-electron chi connectivity index (χ3n) is 4.81. The maximum absolute atomic E-state index is 12.5. The van der Waals surface area contributed by atoms with Crippen LogP contribution in [0.25, 0.3) is 0 Å². The number of piperazine rings is 1. The monoisotopic (exact) mass is 357 g/mol. The fourth-order valence-corrected chi connectivity index (χ4v) is 4.07. The highest BCUT2D eigenvalue weighted by Gasteiger charge is 2.21. The van der Waals surface area contributed by atoms with Crippen molar-refractivity contribution in [3.05, 3.63) is 58.3 Å². The average Bonchev–Trinajstić information content (AvgIpc) is 3.20. The second-order valence-electron chi connectivity index (χ2n) is 6.53. The van der Waals surface area contributed by atoms with Gasteiger partial charge in [-0.25, -0.2) is 0 Å². The first kappa shape index (κ1) is 18.1. The number of nitrogens with zero attached hydrogens (tertiary/aromatic N) is 2. The minimum Gasteiger partial charge on any atom is -0.340 e. The Labute approximate surface area is 154 Å². The van der Waals surface area contributed by atoms with E-state index in [-0.39, 0.29) is 5.91 Å². The van der Waals surface area contributed by atoms with Gasteiger partial charge in [0.1, 0.15) is 0 Å². The highest BCUT2D eigenvalue weighted by molar-refractivity contribution is 7.10. The van der Waals surface area contributed by atoms with E-state index in [1.54, 1.807) is 11.3 Å². The van der Waals surface area contributed by atoms with Crippen LogP contribution in [0.4, 0.5) is 0 Å². The first-order valence-corrected chi connectivity index (χ1v) is 9.92. The molecule has 1 aliphatic rings. The Bertz CT molecular complexity index is 638. The molecule has 1 aromatic carbocycles. The van der Waals surface area contributed by atoms with E-state index in [1.165, 1.54) is 10.4 Å². The van der Waals surface area contributed by atoms with Crippen molar-refractivity contribution in [1.29, 1.82) is 0 Å². The zero-order chi connectivity index (χ0) is 17.5. The predicted octanol–water partition coefficient (Wildman–Crippen LogP) is 3.13. The summed E-state index contributed by atoms with van der Waals surface area (Å²) in [7, 11) is 0. The Morgan fingerprint density at radius 3 is 2.64 bits per heavy atom. The van der Waals surface area contributed by atoms with Gasteiger partial charge in [0.05, 0.1) is 0 Å². The van der Waals surface area contributed by atoms with Crippen molar-refractivity contribution in [3.63, 3.8) is 0 Å². The van der Waals surface area contributed by atoms with Crippen molar-refractivity contribution in [2.45, 2.75) is 25.9 Å². The van der Waals surface area contributed by atoms with Gasteiger partial charge in [-0.15, -0.1) is 11.3 Å². The molecule has 5 heteroatoms. The van der Waals surface area contributed by atoms with Crippen LogP contribution >= 0.6 is 11.3 Å². The highest BCUT2D eigenvalue weighted by atomic mass is 32.1. The second kappa shape index (κ2) is 9.13. The van der Waals surface area contributed by atoms with Gasteiger partial charge in [-0.05, 0) is 23.9 Å². The summed E-state index contributed by atoms with van der Waals surface area (Å²) in [5.41, 5.74) is 1.29. The van der Waals surface area contributed by atoms with E-state index < -0.39 is 0 Å². The Kier molecular flexibility index (Phi) is 6.62. The number of carbonyl (C=O) groups excluding carboxylic acids is 1.